The lowest BCUT2D eigenvalue weighted by molar-refractivity contribution is -0.122. The Kier molecular flexibility index (Phi) is 12.8. The molecule has 0 spiro atoms. The molecule has 3 aliphatic rings. The molecule has 1 aliphatic carbocycles. The summed E-state index contributed by atoms with van der Waals surface area (Å²) in [6.07, 6.45) is 3.53. The van der Waals surface area contributed by atoms with E-state index in [1.54, 1.807) is 12.1 Å². The lowest BCUT2D eigenvalue weighted by Gasteiger charge is -2.41. The smallest absolute Gasteiger partial charge is 0.231 e. The lowest BCUT2D eigenvalue weighted by Crippen LogP contribution is -2.44. The Morgan fingerprint density at radius 2 is 1.47 bits per heavy atom. The zero-order chi connectivity index (χ0) is 33.2. The number of rotatable bonds is 19. The minimum atomic E-state index is -1.07. The maximum atomic E-state index is 13.3. The van der Waals surface area contributed by atoms with Gasteiger partial charge in [0.2, 0.25) is 18.4 Å². The summed E-state index contributed by atoms with van der Waals surface area (Å²) in [4.78, 5) is 13.3. The van der Waals surface area contributed by atoms with Crippen LogP contribution >= 0.6 is 0 Å². The van der Waals surface area contributed by atoms with Gasteiger partial charge in [-0.15, -0.1) is 0 Å². The number of amides is 1. The highest BCUT2D eigenvalue weighted by Crippen LogP contribution is 2.56. The normalized spacial score (nSPS) is 22.5. The molecule has 1 fully saturated rings. The van der Waals surface area contributed by atoms with Crippen LogP contribution in [0.2, 0.25) is 0 Å². The van der Waals surface area contributed by atoms with E-state index in [1.165, 1.54) is 14.2 Å². The molecule has 0 aromatic heterocycles. The fourth-order valence-electron chi connectivity index (χ4n) is 6.89. The predicted molar refractivity (Wildman–Crippen MR) is 176 cm³/mol. The van der Waals surface area contributed by atoms with Crippen LogP contribution in [-0.4, -0.2) is 95.8 Å². The largest absolute Gasteiger partial charge is 0.502 e. The standard InChI is InChI=1S/C34H51N5O8/c1-43-27-15-21(16-28(44-2)33(27)41)30-22-17-25-26(47-20-46-25)18-23(22)32(24-19-45-34(42)31(24)30)39-29(40)7-14-38-13-6-12-37-10-4-3-9-36-11-5-8-35/h15-18,24,30-32,34,36-38,41-42H,3-14,19-20,35H2,1-2H3,(H,39,40)/t24-,30+,31-,32+,34?/m0/s1. The highest BCUT2D eigenvalue weighted by Gasteiger charge is 2.52. The molecule has 2 aliphatic heterocycles. The van der Waals surface area contributed by atoms with Gasteiger partial charge >= 0.3 is 0 Å². The molecule has 1 unspecified atom stereocenters. The van der Waals surface area contributed by atoms with E-state index in [0.717, 1.165) is 81.6 Å². The van der Waals surface area contributed by atoms with Gasteiger partial charge in [0.15, 0.2) is 29.3 Å². The van der Waals surface area contributed by atoms with Crippen LogP contribution in [0.4, 0.5) is 0 Å². The molecule has 5 rings (SSSR count). The summed E-state index contributed by atoms with van der Waals surface area (Å²) in [6, 6.07) is 6.94. The van der Waals surface area contributed by atoms with Crippen molar-refractivity contribution in [2.75, 3.05) is 73.4 Å². The van der Waals surface area contributed by atoms with Gasteiger partial charge in [-0.2, -0.15) is 0 Å². The van der Waals surface area contributed by atoms with Crippen LogP contribution in [0, 0.1) is 11.8 Å². The Hall–Kier alpha value is -3.33. The van der Waals surface area contributed by atoms with E-state index in [9.17, 15) is 15.0 Å². The van der Waals surface area contributed by atoms with Gasteiger partial charge in [0.05, 0.1) is 26.9 Å². The number of benzene rings is 2. The number of aliphatic hydroxyl groups excluding tert-OH is 1. The highest BCUT2D eigenvalue weighted by atomic mass is 16.7. The first-order valence-corrected chi connectivity index (χ1v) is 16.8. The number of aliphatic hydroxyl groups is 1. The quantitative estimate of drug-likeness (QED) is 0.109. The van der Waals surface area contributed by atoms with Crippen molar-refractivity contribution >= 4 is 5.91 Å². The number of phenolic OH excluding ortho intramolecular Hbond substituents is 1. The summed E-state index contributed by atoms with van der Waals surface area (Å²) < 4.78 is 28.2. The molecule has 8 N–H and O–H groups in total. The molecule has 1 saturated heterocycles. The molecular weight excluding hydrogens is 606 g/mol. The molecule has 2 aromatic carbocycles. The van der Waals surface area contributed by atoms with Gasteiger partial charge < -0.3 is 60.9 Å². The molecule has 1 amide bonds. The summed E-state index contributed by atoms with van der Waals surface area (Å²) in [5, 5.41) is 35.3. The number of nitrogens with two attached hydrogens (primary N) is 1. The second-order valence-electron chi connectivity index (χ2n) is 12.3. The second-order valence-corrected chi connectivity index (χ2v) is 12.3. The fraction of sp³-hybridized carbons (Fsp3) is 0.618. The van der Waals surface area contributed by atoms with Crippen molar-refractivity contribution in [2.24, 2.45) is 17.6 Å². The Bertz CT molecular complexity index is 1300. The number of hydrogen-bond donors (Lipinski definition) is 7. The molecule has 0 bridgehead atoms. The Balaban J connectivity index is 1.20. The summed E-state index contributed by atoms with van der Waals surface area (Å²) in [7, 11) is 2.96. The average Bonchev–Trinajstić information content (AvgIpc) is 3.70. The first-order chi connectivity index (χ1) is 23.0. The van der Waals surface area contributed by atoms with Crippen LogP contribution in [0.5, 0.6) is 28.7 Å². The molecule has 260 valence electrons. The molecule has 5 atom stereocenters. The number of nitrogens with one attached hydrogen (secondary N) is 4. The Morgan fingerprint density at radius 3 is 2.11 bits per heavy atom. The van der Waals surface area contributed by atoms with Crippen LogP contribution in [-0.2, 0) is 9.53 Å². The van der Waals surface area contributed by atoms with Crippen LogP contribution in [0.25, 0.3) is 0 Å². The molecule has 2 heterocycles. The van der Waals surface area contributed by atoms with Gasteiger partial charge in [0, 0.05) is 30.7 Å². The molecular formula is C34H51N5O8. The van der Waals surface area contributed by atoms with E-state index in [-0.39, 0.29) is 48.4 Å². The molecule has 0 radical (unpaired) electrons. The van der Waals surface area contributed by atoms with E-state index in [0.29, 0.717) is 24.5 Å². The molecule has 13 heteroatoms. The predicted octanol–water partition coefficient (Wildman–Crippen LogP) is 1.70. The molecule has 13 nitrogen and oxygen atoms in total. The third-order valence-corrected chi connectivity index (χ3v) is 9.27. The summed E-state index contributed by atoms with van der Waals surface area (Å²) in [5.41, 5.74) is 8.02. The van der Waals surface area contributed by atoms with Crippen molar-refractivity contribution < 1.29 is 38.7 Å². The van der Waals surface area contributed by atoms with Crippen LogP contribution < -0.4 is 45.9 Å². The summed E-state index contributed by atoms with van der Waals surface area (Å²) in [6.45, 7) is 6.43. The first-order valence-electron chi connectivity index (χ1n) is 16.8. The van der Waals surface area contributed by atoms with Crippen LogP contribution in [0.3, 0.4) is 0 Å². The number of carbonyl (C=O) groups excluding carboxylic acids is 1. The fourth-order valence-corrected chi connectivity index (χ4v) is 6.89. The van der Waals surface area contributed by atoms with Crippen molar-refractivity contribution in [2.45, 2.75) is 50.4 Å². The van der Waals surface area contributed by atoms with Gasteiger partial charge in [-0.3, -0.25) is 4.79 Å². The zero-order valence-corrected chi connectivity index (χ0v) is 27.5. The molecule has 47 heavy (non-hydrogen) atoms. The highest BCUT2D eigenvalue weighted by molar-refractivity contribution is 5.77. The topological polar surface area (TPSA) is 178 Å². The lowest BCUT2D eigenvalue weighted by atomic mass is 9.65. The van der Waals surface area contributed by atoms with Crippen molar-refractivity contribution in [1.29, 1.82) is 0 Å². The number of ether oxygens (including phenoxy) is 5. The zero-order valence-electron chi connectivity index (χ0n) is 27.5. The number of aromatic hydroxyl groups is 1. The molecule has 0 saturated carbocycles. The molecule has 2 aromatic rings. The van der Waals surface area contributed by atoms with Gasteiger partial charge in [-0.05, 0) is 106 Å². The van der Waals surface area contributed by atoms with E-state index >= 15 is 0 Å². The van der Waals surface area contributed by atoms with Gasteiger partial charge in [0.1, 0.15) is 0 Å². The number of methoxy groups -OCH3 is 2. The maximum Gasteiger partial charge on any atom is 0.231 e. The monoisotopic (exact) mass is 657 g/mol. The van der Waals surface area contributed by atoms with E-state index < -0.39 is 18.2 Å². The van der Waals surface area contributed by atoms with Crippen molar-refractivity contribution in [3.8, 4) is 28.7 Å². The van der Waals surface area contributed by atoms with E-state index in [1.807, 2.05) is 12.1 Å². The Labute approximate surface area is 276 Å². The van der Waals surface area contributed by atoms with Crippen molar-refractivity contribution in [3.05, 3.63) is 41.0 Å². The first kappa shape index (κ1) is 35.0. The van der Waals surface area contributed by atoms with E-state index in [4.69, 9.17) is 29.4 Å². The van der Waals surface area contributed by atoms with Gasteiger partial charge in [-0.1, -0.05) is 0 Å². The summed E-state index contributed by atoms with van der Waals surface area (Å²) in [5.74, 6) is 0.534. The van der Waals surface area contributed by atoms with Crippen LogP contribution in [0.1, 0.15) is 60.8 Å². The SMILES string of the molecule is COc1cc([C@@H]2c3cc4c(cc3[C@@H](NC(=O)CCNCCCNCCCCNCCCN)[C@H]3COC(O)[C@H]23)OCO4)cc(OC)c1O. The average molecular weight is 658 g/mol. The number of hydrogen-bond acceptors (Lipinski definition) is 12. The third-order valence-electron chi connectivity index (χ3n) is 9.27. The number of phenols is 1. The third kappa shape index (κ3) is 8.40. The van der Waals surface area contributed by atoms with Crippen molar-refractivity contribution in [3.63, 3.8) is 0 Å². The minimum Gasteiger partial charge on any atom is -0.502 e. The minimum absolute atomic E-state index is 0.0872. The van der Waals surface area contributed by atoms with Crippen molar-refractivity contribution in [1.82, 2.24) is 21.3 Å². The van der Waals surface area contributed by atoms with Gasteiger partial charge in [-0.25, -0.2) is 0 Å². The van der Waals surface area contributed by atoms with Crippen LogP contribution in [0.15, 0.2) is 24.3 Å². The van der Waals surface area contributed by atoms with Gasteiger partial charge in [0.25, 0.3) is 0 Å². The number of carbonyl (C=O) groups is 1. The Morgan fingerprint density at radius 1 is 0.872 bits per heavy atom. The van der Waals surface area contributed by atoms with E-state index in [2.05, 4.69) is 21.3 Å². The summed E-state index contributed by atoms with van der Waals surface area (Å²) >= 11 is 0. The second kappa shape index (κ2) is 17.2. The number of unbranched alkanes of at least 4 members (excludes halogenated alkanes) is 1. The number of fused-ring (bicyclic) bond motifs is 3. The maximum absolute atomic E-state index is 13.3.